The van der Waals surface area contributed by atoms with E-state index in [1.54, 1.807) is 6.07 Å². The van der Waals surface area contributed by atoms with E-state index in [-0.39, 0.29) is 24.4 Å². The van der Waals surface area contributed by atoms with Gasteiger partial charge in [0.05, 0.1) is 18.5 Å². The molecule has 7 heteroatoms. The molecule has 6 nitrogen and oxygen atoms in total. The van der Waals surface area contributed by atoms with Gasteiger partial charge in [-0.3, -0.25) is 9.20 Å². The molecule has 0 saturated heterocycles. The maximum absolute atomic E-state index is 14.4. The molecule has 2 heterocycles. The highest BCUT2D eigenvalue weighted by Crippen LogP contribution is 2.32. The molecule has 1 unspecified atom stereocenters. The van der Waals surface area contributed by atoms with Crippen LogP contribution in [0, 0.1) is 5.95 Å². The number of pyridine rings is 1. The lowest BCUT2D eigenvalue weighted by molar-refractivity contribution is -0.142. The number of aromatic nitrogens is 1. The van der Waals surface area contributed by atoms with E-state index in [1.165, 1.54) is 10.5 Å². The maximum atomic E-state index is 14.4. The molecule has 0 bridgehead atoms. The van der Waals surface area contributed by atoms with Gasteiger partial charge in [0.25, 0.3) is 0 Å². The van der Waals surface area contributed by atoms with Crippen molar-refractivity contribution in [2.24, 2.45) is 5.11 Å². The van der Waals surface area contributed by atoms with E-state index >= 15 is 0 Å². The Morgan fingerprint density at radius 1 is 1.54 bits per heavy atom. The Bertz CT molecular complexity index is 824. The van der Waals surface area contributed by atoms with Gasteiger partial charge in [0.15, 0.2) is 5.95 Å². The normalized spacial score (nSPS) is 16.5. The molecule has 24 heavy (non-hydrogen) atoms. The van der Waals surface area contributed by atoms with E-state index in [4.69, 9.17) is 10.3 Å². The fraction of sp³-hybridized carbons (Fsp3) is 0.471. The van der Waals surface area contributed by atoms with Crippen molar-refractivity contribution in [1.82, 2.24) is 4.40 Å². The number of carbonyl (C=O) groups is 1. The first-order valence-corrected chi connectivity index (χ1v) is 8.15. The SMILES string of the molecule is CCCOC(=O)Cc1c2c(n3c(F)cccc13)CC(N=[N+]=[N-])CC2. The molecule has 0 aliphatic heterocycles. The second-order valence-electron chi connectivity index (χ2n) is 5.97. The van der Waals surface area contributed by atoms with Crippen molar-refractivity contribution in [3.63, 3.8) is 0 Å². The van der Waals surface area contributed by atoms with Gasteiger partial charge in [-0.1, -0.05) is 18.1 Å². The molecule has 3 rings (SSSR count). The van der Waals surface area contributed by atoms with Gasteiger partial charge in [-0.25, -0.2) is 0 Å². The van der Waals surface area contributed by atoms with Crippen LogP contribution in [0.4, 0.5) is 4.39 Å². The molecule has 126 valence electrons. The highest BCUT2D eigenvalue weighted by Gasteiger charge is 2.27. The van der Waals surface area contributed by atoms with Crippen LogP contribution in [-0.2, 0) is 28.8 Å². The Kier molecular flexibility index (Phi) is 4.71. The summed E-state index contributed by atoms with van der Waals surface area (Å²) in [6.07, 6.45) is 2.74. The van der Waals surface area contributed by atoms with Gasteiger partial charge in [0.1, 0.15) is 0 Å². The van der Waals surface area contributed by atoms with Gasteiger partial charge < -0.3 is 4.74 Å². The van der Waals surface area contributed by atoms with Crippen LogP contribution < -0.4 is 0 Å². The fourth-order valence-corrected chi connectivity index (χ4v) is 3.38. The second-order valence-corrected chi connectivity index (χ2v) is 5.97. The monoisotopic (exact) mass is 330 g/mol. The first-order valence-electron chi connectivity index (χ1n) is 8.15. The third-order valence-electron chi connectivity index (χ3n) is 4.39. The average Bonchev–Trinajstić information content (AvgIpc) is 2.88. The quantitative estimate of drug-likeness (QED) is 0.275. The first kappa shape index (κ1) is 16.3. The van der Waals surface area contributed by atoms with Crippen LogP contribution in [-0.4, -0.2) is 23.0 Å². The third-order valence-corrected chi connectivity index (χ3v) is 4.39. The predicted molar refractivity (Wildman–Crippen MR) is 87.3 cm³/mol. The van der Waals surface area contributed by atoms with Gasteiger partial charge in [0.2, 0.25) is 0 Å². The summed E-state index contributed by atoms with van der Waals surface area (Å²) >= 11 is 0. The first-order chi connectivity index (χ1) is 11.7. The van der Waals surface area contributed by atoms with Crippen molar-refractivity contribution in [2.45, 2.75) is 45.1 Å². The smallest absolute Gasteiger partial charge is 0.310 e. The van der Waals surface area contributed by atoms with Crippen LogP contribution in [0.25, 0.3) is 16.0 Å². The number of halogens is 1. The molecule has 0 N–H and O–H groups in total. The van der Waals surface area contributed by atoms with Gasteiger partial charge in [-0.15, -0.1) is 0 Å². The summed E-state index contributed by atoms with van der Waals surface area (Å²) in [6.45, 7) is 2.33. The lowest BCUT2D eigenvalue weighted by atomic mass is 9.90. The standard InChI is InChI=1S/C17H19FN4O2/c1-2-8-24-17(23)10-13-12-7-6-11(20-21-19)9-15(12)22-14(13)4-3-5-16(22)18/h3-5,11H,2,6-10H2,1H3. The molecule has 0 fully saturated rings. The summed E-state index contributed by atoms with van der Waals surface area (Å²) in [5.41, 5.74) is 12.0. The molecule has 0 amide bonds. The van der Waals surface area contributed by atoms with Crippen molar-refractivity contribution in [2.75, 3.05) is 6.61 Å². The number of azide groups is 1. The predicted octanol–water partition coefficient (Wildman–Crippen LogP) is 3.74. The highest BCUT2D eigenvalue weighted by atomic mass is 19.1. The number of carbonyl (C=O) groups excluding carboxylic acids is 1. The van der Waals surface area contributed by atoms with Crippen molar-refractivity contribution in [1.29, 1.82) is 0 Å². The van der Waals surface area contributed by atoms with Gasteiger partial charge in [-0.05, 0) is 54.5 Å². The van der Waals surface area contributed by atoms with E-state index in [2.05, 4.69) is 10.0 Å². The van der Waals surface area contributed by atoms with Crippen molar-refractivity contribution < 1.29 is 13.9 Å². The number of rotatable bonds is 5. The molecule has 1 atom stereocenters. The van der Waals surface area contributed by atoms with Gasteiger partial charge in [0, 0.05) is 16.6 Å². The molecule has 2 aromatic rings. The Morgan fingerprint density at radius 2 is 2.38 bits per heavy atom. The maximum Gasteiger partial charge on any atom is 0.310 e. The average molecular weight is 330 g/mol. The molecule has 0 saturated carbocycles. The molecule has 2 aromatic heterocycles. The number of nitrogens with zero attached hydrogens (tertiary/aromatic N) is 4. The van der Waals surface area contributed by atoms with E-state index < -0.39 is 0 Å². The van der Waals surface area contributed by atoms with Crippen LogP contribution in [0.1, 0.15) is 36.6 Å². The van der Waals surface area contributed by atoms with Crippen LogP contribution >= 0.6 is 0 Å². The number of esters is 1. The largest absolute Gasteiger partial charge is 0.465 e. The van der Waals surface area contributed by atoms with E-state index in [9.17, 15) is 9.18 Å². The van der Waals surface area contributed by atoms with Crippen molar-refractivity contribution in [3.05, 3.63) is 51.4 Å². The number of hydrogen-bond acceptors (Lipinski definition) is 3. The Labute approximate surface area is 138 Å². The van der Waals surface area contributed by atoms with E-state index in [1.807, 2.05) is 13.0 Å². The Morgan fingerprint density at radius 3 is 3.12 bits per heavy atom. The molecular formula is C17H19FN4O2. The molecular weight excluding hydrogens is 311 g/mol. The second kappa shape index (κ2) is 6.93. The Hall–Kier alpha value is -2.53. The van der Waals surface area contributed by atoms with Crippen LogP contribution in [0.5, 0.6) is 0 Å². The fourth-order valence-electron chi connectivity index (χ4n) is 3.38. The summed E-state index contributed by atoms with van der Waals surface area (Å²) in [6, 6.07) is 4.66. The Balaban J connectivity index is 2.05. The van der Waals surface area contributed by atoms with Crippen LogP contribution in [0.2, 0.25) is 0 Å². The minimum absolute atomic E-state index is 0.133. The molecule has 0 aromatic carbocycles. The minimum atomic E-state index is -0.376. The van der Waals surface area contributed by atoms with Crippen LogP contribution in [0.3, 0.4) is 0 Å². The van der Waals surface area contributed by atoms with Gasteiger partial charge in [-0.2, -0.15) is 4.39 Å². The zero-order valence-electron chi connectivity index (χ0n) is 13.5. The topological polar surface area (TPSA) is 79.5 Å². The summed E-state index contributed by atoms with van der Waals surface area (Å²) in [5.74, 6) is -0.674. The van der Waals surface area contributed by atoms with Crippen molar-refractivity contribution >= 4 is 11.5 Å². The van der Waals surface area contributed by atoms with Crippen LogP contribution in [0.15, 0.2) is 23.3 Å². The van der Waals surface area contributed by atoms with Crippen molar-refractivity contribution in [3.8, 4) is 0 Å². The lowest BCUT2D eigenvalue weighted by Gasteiger charge is -2.19. The highest BCUT2D eigenvalue weighted by molar-refractivity contribution is 5.78. The molecule has 0 spiro atoms. The summed E-state index contributed by atoms with van der Waals surface area (Å²) in [4.78, 5) is 14.9. The number of fused-ring (bicyclic) bond motifs is 3. The minimum Gasteiger partial charge on any atom is -0.465 e. The number of hydrogen-bond donors (Lipinski definition) is 0. The van der Waals surface area contributed by atoms with E-state index in [0.29, 0.717) is 31.4 Å². The summed E-state index contributed by atoms with van der Waals surface area (Å²) in [5, 5.41) is 3.78. The molecule has 1 aliphatic rings. The zero-order chi connectivity index (χ0) is 17.1. The van der Waals surface area contributed by atoms with Gasteiger partial charge >= 0.3 is 5.97 Å². The molecule has 0 radical (unpaired) electrons. The third kappa shape index (κ3) is 2.95. The lowest BCUT2D eigenvalue weighted by Crippen LogP contribution is -2.19. The number of ether oxygens (including phenoxy) is 1. The molecule has 1 aliphatic carbocycles. The summed E-state index contributed by atoms with van der Waals surface area (Å²) in [7, 11) is 0. The van der Waals surface area contributed by atoms with E-state index in [0.717, 1.165) is 23.2 Å². The summed E-state index contributed by atoms with van der Waals surface area (Å²) < 4.78 is 21.1. The zero-order valence-corrected chi connectivity index (χ0v) is 13.5.